The van der Waals surface area contributed by atoms with E-state index in [1.165, 1.54) is 37.7 Å². The van der Waals surface area contributed by atoms with Gasteiger partial charge < -0.3 is 10.1 Å². The molecule has 2 aliphatic carbocycles. The zero-order valence-electron chi connectivity index (χ0n) is 13.4. The van der Waals surface area contributed by atoms with Crippen molar-refractivity contribution in [2.24, 2.45) is 11.8 Å². The molecule has 0 amide bonds. The van der Waals surface area contributed by atoms with E-state index >= 15 is 0 Å². The Morgan fingerprint density at radius 1 is 1.05 bits per heavy atom. The van der Waals surface area contributed by atoms with Crippen LogP contribution in [0.25, 0.3) is 0 Å². The maximum atomic E-state index is 6.51. The summed E-state index contributed by atoms with van der Waals surface area (Å²) in [5, 5.41) is 3.64. The van der Waals surface area contributed by atoms with Gasteiger partial charge in [-0.3, -0.25) is 0 Å². The molecule has 21 heavy (non-hydrogen) atoms. The summed E-state index contributed by atoms with van der Waals surface area (Å²) in [6, 6.07) is 11.5. The number of nitrogens with one attached hydrogen (secondary N) is 1. The summed E-state index contributed by atoms with van der Waals surface area (Å²) in [5.74, 6) is 1.64. The van der Waals surface area contributed by atoms with Crippen molar-refractivity contribution in [2.45, 2.75) is 64.2 Å². The molecular formula is C19H29NO. The van der Waals surface area contributed by atoms with E-state index in [1.807, 2.05) is 0 Å². The van der Waals surface area contributed by atoms with Crippen molar-refractivity contribution >= 4 is 0 Å². The Balaban J connectivity index is 1.61. The highest BCUT2D eigenvalue weighted by molar-refractivity contribution is 5.18. The lowest BCUT2D eigenvalue weighted by Gasteiger charge is -2.34. The zero-order valence-corrected chi connectivity index (χ0v) is 13.4. The fraction of sp³-hybridized carbons (Fsp3) is 0.684. The SMILES string of the molecule is CC1CCC(OC(CNC2CC2)c2ccccc2)CC1C. The summed E-state index contributed by atoms with van der Waals surface area (Å²) in [4.78, 5) is 0. The van der Waals surface area contributed by atoms with Crippen LogP contribution in [-0.2, 0) is 4.74 Å². The summed E-state index contributed by atoms with van der Waals surface area (Å²) in [6.45, 7) is 5.71. The second-order valence-electron chi connectivity index (χ2n) is 7.11. The Bertz CT molecular complexity index is 428. The normalized spacial score (nSPS) is 31.0. The zero-order chi connectivity index (χ0) is 14.7. The molecule has 2 saturated carbocycles. The molecule has 2 heteroatoms. The van der Waals surface area contributed by atoms with Gasteiger partial charge in [0.25, 0.3) is 0 Å². The Morgan fingerprint density at radius 3 is 2.48 bits per heavy atom. The van der Waals surface area contributed by atoms with Gasteiger partial charge in [-0.25, -0.2) is 0 Å². The van der Waals surface area contributed by atoms with Crippen LogP contribution in [0.1, 0.15) is 57.6 Å². The van der Waals surface area contributed by atoms with Gasteiger partial charge >= 0.3 is 0 Å². The molecule has 1 aromatic carbocycles. The molecule has 0 aromatic heterocycles. The number of benzene rings is 1. The third kappa shape index (κ3) is 4.31. The Labute approximate surface area is 129 Å². The maximum Gasteiger partial charge on any atom is 0.0953 e. The molecule has 0 heterocycles. The van der Waals surface area contributed by atoms with Crippen molar-refractivity contribution in [1.29, 1.82) is 0 Å². The molecule has 1 aromatic rings. The van der Waals surface area contributed by atoms with Gasteiger partial charge in [0.15, 0.2) is 0 Å². The third-order valence-electron chi connectivity index (χ3n) is 5.25. The minimum absolute atomic E-state index is 0.206. The molecule has 4 atom stereocenters. The molecule has 0 saturated heterocycles. The molecule has 0 aliphatic heterocycles. The van der Waals surface area contributed by atoms with Gasteiger partial charge in [0, 0.05) is 12.6 Å². The van der Waals surface area contributed by atoms with E-state index in [4.69, 9.17) is 4.74 Å². The van der Waals surface area contributed by atoms with Gasteiger partial charge in [0.2, 0.25) is 0 Å². The number of ether oxygens (including phenoxy) is 1. The second-order valence-corrected chi connectivity index (χ2v) is 7.11. The fourth-order valence-electron chi connectivity index (χ4n) is 3.33. The predicted octanol–water partition coefficient (Wildman–Crippen LogP) is 4.32. The molecule has 4 unspecified atom stereocenters. The summed E-state index contributed by atoms with van der Waals surface area (Å²) in [5.41, 5.74) is 1.32. The Kier molecular flexibility index (Phi) is 4.97. The van der Waals surface area contributed by atoms with Crippen molar-refractivity contribution in [1.82, 2.24) is 5.32 Å². The first-order valence-corrected chi connectivity index (χ1v) is 8.66. The molecule has 2 aliphatic rings. The van der Waals surface area contributed by atoms with Crippen LogP contribution in [0.2, 0.25) is 0 Å². The molecule has 2 fully saturated rings. The smallest absolute Gasteiger partial charge is 0.0953 e. The molecule has 1 N–H and O–H groups in total. The van der Waals surface area contributed by atoms with Gasteiger partial charge in [-0.05, 0) is 49.5 Å². The minimum Gasteiger partial charge on any atom is -0.369 e. The predicted molar refractivity (Wildman–Crippen MR) is 87.3 cm³/mol. The standard InChI is InChI=1S/C19H29NO/c1-14-8-11-18(12-15(14)2)21-19(13-20-17-9-10-17)16-6-4-3-5-7-16/h3-7,14-15,17-20H,8-13H2,1-2H3. The van der Waals surface area contributed by atoms with E-state index in [0.29, 0.717) is 6.10 Å². The van der Waals surface area contributed by atoms with E-state index < -0.39 is 0 Å². The lowest BCUT2D eigenvalue weighted by Crippen LogP contribution is -2.32. The van der Waals surface area contributed by atoms with Crippen LogP contribution in [0.4, 0.5) is 0 Å². The molecular weight excluding hydrogens is 258 g/mol. The van der Waals surface area contributed by atoms with Gasteiger partial charge in [-0.15, -0.1) is 0 Å². The van der Waals surface area contributed by atoms with Crippen LogP contribution in [0.5, 0.6) is 0 Å². The average molecular weight is 287 g/mol. The van der Waals surface area contributed by atoms with Gasteiger partial charge in [0.05, 0.1) is 12.2 Å². The maximum absolute atomic E-state index is 6.51. The highest BCUT2D eigenvalue weighted by Crippen LogP contribution is 2.33. The summed E-state index contributed by atoms with van der Waals surface area (Å²) >= 11 is 0. The molecule has 0 radical (unpaired) electrons. The molecule has 116 valence electrons. The van der Waals surface area contributed by atoms with Crippen LogP contribution in [0.3, 0.4) is 0 Å². The lowest BCUT2D eigenvalue weighted by molar-refractivity contribution is -0.0481. The van der Waals surface area contributed by atoms with Gasteiger partial charge in [-0.2, -0.15) is 0 Å². The van der Waals surface area contributed by atoms with Gasteiger partial charge in [0.1, 0.15) is 0 Å². The Hall–Kier alpha value is -0.860. The van der Waals surface area contributed by atoms with Crippen LogP contribution in [-0.4, -0.2) is 18.7 Å². The highest BCUT2D eigenvalue weighted by Gasteiger charge is 2.28. The van der Waals surface area contributed by atoms with E-state index in [2.05, 4.69) is 49.5 Å². The van der Waals surface area contributed by atoms with Crippen LogP contribution in [0.15, 0.2) is 30.3 Å². The molecule has 0 spiro atoms. The van der Waals surface area contributed by atoms with E-state index in [0.717, 1.165) is 24.4 Å². The molecule has 3 rings (SSSR count). The van der Waals surface area contributed by atoms with E-state index in [9.17, 15) is 0 Å². The fourth-order valence-corrected chi connectivity index (χ4v) is 3.33. The third-order valence-corrected chi connectivity index (χ3v) is 5.25. The van der Waals surface area contributed by atoms with Gasteiger partial charge in [-0.1, -0.05) is 44.2 Å². The van der Waals surface area contributed by atoms with Crippen molar-refractivity contribution in [3.63, 3.8) is 0 Å². The van der Waals surface area contributed by atoms with Crippen molar-refractivity contribution in [3.8, 4) is 0 Å². The monoisotopic (exact) mass is 287 g/mol. The van der Waals surface area contributed by atoms with E-state index in [-0.39, 0.29) is 6.10 Å². The second kappa shape index (κ2) is 6.93. The number of hydrogen-bond acceptors (Lipinski definition) is 2. The molecule has 2 nitrogen and oxygen atoms in total. The summed E-state index contributed by atoms with van der Waals surface area (Å²) in [7, 11) is 0. The summed E-state index contributed by atoms with van der Waals surface area (Å²) < 4.78 is 6.51. The Morgan fingerprint density at radius 2 is 1.81 bits per heavy atom. The first kappa shape index (κ1) is 15.1. The quantitative estimate of drug-likeness (QED) is 0.841. The topological polar surface area (TPSA) is 21.3 Å². The van der Waals surface area contributed by atoms with Crippen LogP contribution >= 0.6 is 0 Å². The van der Waals surface area contributed by atoms with Crippen molar-refractivity contribution in [3.05, 3.63) is 35.9 Å². The minimum atomic E-state index is 0.206. The lowest BCUT2D eigenvalue weighted by atomic mass is 9.80. The van der Waals surface area contributed by atoms with E-state index in [1.54, 1.807) is 0 Å². The highest BCUT2D eigenvalue weighted by atomic mass is 16.5. The number of hydrogen-bond donors (Lipinski definition) is 1. The number of rotatable bonds is 6. The van der Waals surface area contributed by atoms with Crippen molar-refractivity contribution in [2.75, 3.05) is 6.54 Å². The largest absolute Gasteiger partial charge is 0.369 e. The van der Waals surface area contributed by atoms with Crippen LogP contribution < -0.4 is 5.32 Å². The van der Waals surface area contributed by atoms with Crippen molar-refractivity contribution < 1.29 is 4.74 Å². The first-order valence-electron chi connectivity index (χ1n) is 8.66. The first-order chi connectivity index (χ1) is 10.2. The molecule has 0 bridgehead atoms. The average Bonchev–Trinajstić information content (AvgIpc) is 3.32. The summed E-state index contributed by atoms with van der Waals surface area (Å²) in [6.07, 6.45) is 7.05. The van der Waals surface area contributed by atoms with Crippen LogP contribution in [0, 0.1) is 11.8 Å².